The summed E-state index contributed by atoms with van der Waals surface area (Å²) in [7, 11) is 1.64. The fraction of sp³-hybridized carbons (Fsp3) is 0.357. The van der Waals surface area contributed by atoms with Gasteiger partial charge in [0, 0.05) is 7.11 Å². The Labute approximate surface area is 114 Å². The van der Waals surface area contributed by atoms with Crippen molar-refractivity contribution in [1.29, 1.82) is 0 Å². The van der Waals surface area contributed by atoms with Crippen LogP contribution in [-0.4, -0.2) is 38.4 Å². The number of ether oxygens (including phenoxy) is 1. The van der Waals surface area contributed by atoms with Crippen LogP contribution in [0.2, 0.25) is 0 Å². The van der Waals surface area contributed by atoms with Crippen molar-refractivity contribution in [2.45, 2.75) is 20.3 Å². The number of benzene rings is 1. The molecule has 0 atom stereocenters. The Kier molecular flexibility index (Phi) is 21.4. The molecular formula is C14H22O5. The maximum absolute atomic E-state index is 10.5. The average Bonchev–Trinajstić information content (AvgIpc) is 2.51. The van der Waals surface area contributed by atoms with Crippen molar-refractivity contribution < 1.29 is 24.2 Å². The molecule has 0 aromatic heterocycles. The third-order valence-electron chi connectivity index (χ3n) is 1.80. The summed E-state index contributed by atoms with van der Waals surface area (Å²) in [6.07, 6.45) is 0.816. The SMILES string of the molecule is C=O.C=O.CC.COCCc1ccc(C(=O)O)cc1. The summed E-state index contributed by atoms with van der Waals surface area (Å²) in [4.78, 5) is 26.5. The first-order valence-corrected chi connectivity index (χ1v) is 5.63. The maximum Gasteiger partial charge on any atom is 0.335 e. The normalized spacial score (nSPS) is 7.53. The van der Waals surface area contributed by atoms with E-state index < -0.39 is 5.97 Å². The minimum atomic E-state index is -0.890. The van der Waals surface area contributed by atoms with Gasteiger partial charge in [0.15, 0.2) is 0 Å². The number of carbonyl (C=O) groups is 3. The molecule has 0 aliphatic carbocycles. The topological polar surface area (TPSA) is 80.7 Å². The second-order valence-corrected chi connectivity index (χ2v) is 2.74. The van der Waals surface area contributed by atoms with E-state index in [4.69, 9.17) is 19.4 Å². The van der Waals surface area contributed by atoms with E-state index in [1.54, 1.807) is 19.2 Å². The van der Waals surface area contributed by atoms with Gasteiger partial charge in [-0.05, 0) is 24.1 Å². The van der Waals surface area contributed by atoms with Crippen LogP contribution in [0, 0.1) is 0 Å². The van der Waals surface area contributed by atoms with Crippen LogP contribution in [-0.2, 0) is 20.7 Å². The molecule has 1 N–H and O–H groups in total. The third-order valence-corrected chi connectivity index (χ3v) is 1.80. The van der Waals surface area contributed by atoms with E-state index in [0.717, 1.165) is 12.0 Å². The van der Waals surface area contributed by atoms with Gasteiger partial charge in [0.2, 0.25) is 0 Å². The Morgan fingerprint density at radius 3 is 1.84 bits per heavy atom. The first-order valence-electron chi connectivity index (χ1n) is 5.63. The summed E-state index contributed by atoms with van der Waals surface area (Å²) in [5.74, 6) is -0.890. The molecular weight excluding hydrogens is 248 g/mol. The van der Waals surface area contributed by atoms with E-state index in [1.165, 1.54) is 0 Å². The molecule has 5 heteroatoms. The highest BCUT2D eigenvalue weighted by Gasteiger charge is 2.00. The first kappa shape index (κ1) is 22.2. The van der Waals surface area contributed by atoms with Crippen LogP contribution >= 0.6 is 0 Å². The molecule has 0 aliphatic rings. The number of carboxylic acid groups (broad SMARTS) is 1. The monoisotopic (exact) mass is 270 g/mol. The molecule has 0 saturated heterocycles. The van der Waals surface area contributed by atoms with E-state index in [9.17, 15) is 4.79 Å². The molecule has 108 valence electrons. The number of carbonyl (C=O) groups excluding carboxylic acids is 2. The summed E-state index contributed by atoms with van der Waals surface area (Å²) in [5.41, 5.74) is 1.41. The van der Waals surface area contributed by atoms with Crippen LogP contribution in [0.5, 0.6) is 0 Å². The number of aromatic carboxylic acids is 1. The van der Waals surface area contributed by atoms with E-state index >= 15 is 0 Å². The second-order valence-electron chi connectivity index (χ2n) is 2.74. The van der Waals surface area contributed by atoms with Crippen molar-refractivity contribution in [3.63, 3.8) is 0 Å². The minimum Gasteiger partial charge on any atom is -0.478 e. The van der Waals surface area contributed by atoms with Crippen LogP contribution in [0.15, 0.2) is 24.3 Å². The molecule has 0 aliphatic heterocycles. The molecule has 1 rings (SSSR count). The van der Waals surface area contributed by atoms with Gasteiger partial charge in [-0.2, -0.15) is 0 Å². The predicted molar refractivity (Wildman–Crippen MR) is 74.6 cm³/mol. The van der Waals surface area contributed by atoms with Crippen molar-refractivity contribution in [3.05, 3.63) is 35.4 Å². The number of hydrogen-bond donors (Lipinski definition) is 1. The lowest BCUT2D eigenvalue weighted by Crippen LogP contribution is -1.98. The van der Waals surface area contributed by atoms with Gasteiger partial charge in [0.1, 0.15) is 13.6 Å². The fourth-order valence-corrected chi connectivity index (χ4v) is 1.03. The Morgan fingerprint density at radius 1 is 1.11 bits per heavy atom. The molecule has 1 aromatic carbocycles. The summed E-state index contributed by atoms with van der Waals surface area (Å²) in [6, 6.07) is 6.82. The summed E-state index contributed by atoms with van der Waals surface area (Å²) >= 11 is 0. The van der Waals surface area contributed by atoms with Crippen molar-refractivity contribution in [3.8, 4) is 0 Å². The standard InChI is InChI=1S/C10H12O3.C2H6.2CH2O/c1-13-7-6-8-2-4-9(5-3-8)10(11)12;3*1-2/h2-5H,6-7H2,1H3,(H,11,12);1-2H3;2*1H2. The largest absolute Gasteiger partial charge is 0.478 e. The van der Waals surface area contributed by atoms with Gasteiger partial charge in [-0.15, -0.1) is 0 Å². The van der Waals surface area contributed by atoms with Gasteiger partial charge in [0.25, 0.3) is 0 Å². The third kappa shape index (κ3) is 12.2. The first-order chi connectivity index (χ1) is 9.24. The highest BCUT2D eigenvalue weighted by atomic mass is 16.5. The van der Waals surface area contributed by atoms with Gasteiger partial charge >= 0.3 is 5.97 Å². The molecule has 0 heterocycles. The highest BCUT2D eigenvalue weighted by molar-refractivity contribution is 5.87. The molecule has 0 bridgehead atoms. The van der Waals surface area contributed by atoms with E-state index in [0.29, 0.717) is 12.2 Å². The van der Waals surface area contributed by atoms with Gasteiger partial charge < -0.3 is 19.4 Å². The average molecular weight is 270 g/mol. The predicted octanol–water partition coefficient (Wildman–Crippen LogP) is 2.23. The van der Waals surface area contributed by atoms with Crippen molar-refractivity contribution in [2.75, 3.05) is 13.7 Å². The van der Waals surface area contributed by atoms with Gasteiger partial charge in [-0.1, -0.05) is 26.0 Å². The molecule has 19 heavy (non-hydrogen) atoms. The Hall–Kier alpha value is -2.01. The number of methoxy groups -OCH3 is 1. The lowest BCUT2D eigenvalue weighted by molar-refractivity contribution is -0.0987. The molecule has 0 amide bonds. The molecule has 1 aromatic rings. The number of hydrogen-bond acceptors (Lipinski definition) is 4. The smallest absolute Gasteiger partial charge is 0.335 e. The van der Waals surface area contributed by atoms with Crippen LogP contribution in [0.1, 0.15) is 29.8 Å². The lowest BCUT2D eigenvalue weighted by atomic mass is 10.1. The van der Waals surface area contributed by atoms with Crippen molar-refractivity contribution in [2.24, 2.45) is 0 Å². The zero-order valence-corrected chi connectivity index (χ0v) is 11.7. The van der Waals surface area contributed by atoms with Gasteiger partial charge in [-0.25, -0.2) is 4.79 Å². The Balaban J connectivity index is -0.000000375. The summed E-state index contributed by atoms with van der Waals surface area (Å²) in [5, 5.41) is 8.63. The summed E-state index contributed by atoms with van der Waals surface area (Å²) in [6.45, 7) is 8.66. The number of carboxylic acids is 1. The maximum atomic E-state index is 10.5. The van der Waals surface area contributed by atoms with E-state index in [1.807, 2.05) is 39.6 Å². The van der Waals surface area contributed by atoms with Crippen molar-refractivity contribution >= 4 is 19.5 Å². The molecule has 0 radical (unpaired) electrons. The zero-order valence-electron chi connectivity index (χ0n) is 11.7. The Bertz CT molecular complexity index is 306. The molecule has 0 unspecified atom stereocenters. The second kappa shape index (κ2) is 18.4. The van der Waals surface area contributed by atoms with Crippen LogP contribution in [0.3, 0.4) is 0 Å². The summed E-state index contributed by atoms with van der Waals surface area (Å²) < 4.78 is 4.91. The molecule has 0 fully saturated rings. The zero-order chi connectivity index (χ0) is 15.7. The van der Waals surface area contributed by atoms with Crippen LogP contribution < -0.4 is 0 Å². The lowest BCUT2D eigenvalue weighted by Gasteiger charge is -2.00. The quantitative estimate of drug-likeness (QED) is 0.907. The van der Waals surface area contributed by atoms with E-state index in [2.05, 4.69) is 0 Å². The number of rotatable bonds is 4. The van der Waals surface area contributed by atoms with E-state index in [-0.39, 0.29) is 0 Å². The molecule has 0 spiro atoms. The molecule has 0 saturated carbocycles. The van der Waals surface area contributed by atoms with Crippen LogP contribution in [0.25, 0.3) is 0 Å². The van der Waals surface area contributed by atoms with Crippen LogP contribution in [0.4, 0.5) is 0 Å². The molecule has 5 nitrogen and oxygen atoms in total. The Morgan fingerprint density at radius 2 is 1.53 bits per heavy atom. The minimum absolute atomic E-state index is 0.321. The fourth-order valence-electron chi connectivity index (χ4n) is 1.03. The van der Waals surface area contributed by atoms with Gasteiger partial charge in [-0.3, -0.25) is 0 Å². The van der Waals surface area contributed by atoms with Crippen molar-refractivity contribution in [1.82, 2.24) is 0 Å². The highest BCUT2D eigenvalue weighted by Crippen LogP contribution is 2.04. The van der Waals surface area contributed by atoms with Gasteiger partial charge in [0.05, 0.1) is 12.2 Å².